The maximum atomic E-state index is 10.7. The Morgan fingerprint density at radius 2 is 1.02 bits per heavy atom. The average Bonchev–Trinajstić information content (AvgIpc) is 3.79. The maximum Gasteiger partial charge on any atom is 0.136 e. The maximum absolute atomic E-state index is 10.7. The van der Waals surface area contributed by atoms with Crippen molar-refractivity contribution in [2.75, 3.05) is 5.73 Å². The molecule has 0 radical (unpaired) electrons. The second kappa shape index (κ2) is 9.86. The zero-order chi connectivity index (χ0) is 31.9. The van der Waals surface area contributed by atoms with E-state index < -0.39 is 0 Å². The van der Waals surface area contributed by atoms with E-state index in [0.717, 1.165) is 88.1 Å². The van der Waals surface area contributed by atoms with E-state index in [9.17, 15) is 5.26 Å². The fourth-order valence-electron chi connectivity index (χ4n) is 7.80. The molecule has 0 saturated carbocycles. The summed E-state index contributed by atoms with van der Waals surface area (Å²) in [6.45, 7) is 0. The van der Waals surface area contributed by atoms with Crippen LogP contribution in [-0.4, -0.2) is 9.13 Å². The molecule has 0 bridgehead atoms. The number of rotatable bonds is 3. The summed E-state index contributed by atoms with van der Waals surface area (Å²) >= 11 is 0. The standard InChI is InChI=1S/C43H26N4O/c44-25-26-11-9-16-29(30-17-10-18-33(45)43(30)46-34-19-5-1-12-27(34)28-13-2-6-20-35(28)46)42(26)47-36-21-7-3-14-31(36)40-37(47)23-24-39-41(40)32-15-4-8-22-38(32)48-39/h1-24H,45H2. The van der Waals surface area contributed by atoms with Crippen molar-refractivity contribution in [1.82, 2.24) is 9.13 Å². The summed E-state index contributed by atoms with van der Waals surface area (Å²) in [5.74, 6) is 0. The van der Waals surface area contributed by atoms with Crippen LogP contribution in [0.3, 0.4) is 0 Å². The Kier molecular flexibility index (Phi) is 5.43. The number of anilines is 1. The number of nitrogen functional groups attached to an aromatic ring is 1. The number of furan rings is 1. The van der Waals surface area contributed by atoms with Crippen LogP contribution in [0.1, 0.15) is 5.56 Å². The van der Waals surface area contributed by atoms with Crippen LogP contribution in [0, 0.1) is 11.3 Å². The molecule has 5 heteroatoms. The minimum absolute atomic E-state index is 0.572. The summed E-state index contributed by atoms with van der Waals surface area (Å²) in [6.07, 6.45) is 0. The number of fused-ring (bicyclic) bond motifs is 10. The quantitative estimate of drug-likeness (QED) is 0.201. The fourth-order valence-corrected chi connectivity index (χ4v) is 7.80. The second-order valence-corrected chi connectivity index (χ2v) is 12.2. The highest BCUT2D eigenvalue weighted by Crippen LogP contribution is 2.45. The molecule has 2 N–H and O–H groups in total. The van der Waals surface area contributed by atoms with Gasteiger partial charge in [-0.3, -0.25) is 0 Å². The largest absolute Gasteiger partial charge is 0.456 e. The molecule has 10 rings (SSSR count). The van der Waals surface area contributed by atoms with Crippen molar-refractivity contribution < 1.29 is 4.42 Å². The van der Waals surface area contributed by atoms with Crippen LogP contribution in [0.25, 0.3) is 88.1 Å². The minimum Gasteiger partial charge on any atom is -0.456 e. The van der Waals surface area contributed by atoms with Crippen LogP contribution in [-0.2, 0) is 0 Å². The van der Waals surface area contributed by atoms with Crippen molar-refractivity contribution >= 4 is 71.2 Å². The van der Waals surface area contributed by atoms with E-state index in [2.05, 4.69) is 112 Å². The lowest BCUT2D eigenvalue weighted by Crippen LogP contribution is -2.05. The molecule has 0 spiro atoms. The van der Waals surface area contributed by atoms with Crippen molar-refractivity contribution in [2.45, 2.75) is 0 Å². The van der Waals surface area contributed by atoms with Crippen LogP contribution in [0.5, 0.6) is 0 Å². The zero-order valence-corrected chi connectivity index (χ0v) is 25.7. The van der Waals surface area contributed by atoms with E-state index in [1.807, 2.05) is 48.5 Å². The lowest BCUT2D eigenvalue weighted by molar-refractivity contribution is 0.669. The van der Waals surface area contributed by atoms with Crippen LogP contribution in [0.15, 0.2) is 150 Å². The minimum atomic E-state index is 0.572. The topological polar surface area (TPSA) is 72.8 Å². The van der Waals surface area contributed by atoms with E-state index in [0.29, 0.717) is 11.3 Å². The van der Waals surface area contributed by atoms with E-state index in [1.54, 1.807) is 0 Å². The normalized spacial score (nSPS) is 11.8. The zero-order valence-electron chi connectivity index (χ0n) is 25.7. The van der Waals surface area contributed by atoms with E-state index in [4.69, 9.17) is 10.2 Å². The first-order chi connectivity index (χ1) is 23.7. The smallest absolute Gasteiger partial charge is 0.136 e. The monoisotopic (exact) mass is 614 g/mol. The Morgan fingerprint density at radius 1 is 0.458 bits per heavy atom. The third-order valence-electron chi connectivity index (χ3n) is 9.72. The number of benzene rings is 7. The Hall–Kier alpha value is -6.77. The predicted octanol–water partition coefficient (Wildman–Crippen LogP) is 10.9. The van der Waals surface area contributed by atoms with Gasteiger partial charge in [0.25, 0.3) is 0 Å². The van der Waals surface area contributed by atoms with Crippen molar-refractivity contribution in [3.63, 3.8) is 0 Å². The summed E-state index contributed by atoms with van der Waals surface area (Å²) in [5.41, 5.74) is 17.6. The molecule has 10 aromatic rings. The van der Waals surface area contributed by atoms with Crippen molar-refractivity contribution in [3.8, 4) is 28.6 Å². The van der Waals surface area contributed by atoms with Gasteiger partial charge in [0.1, 0.15) is 17.2 Å². The first-order valence-corrected chi connectivity index (χ1v) is 16.0. The molecule has 0 aliphatic carbocycles. The summed E-state index contributed by atoms with van der Waals surface area (Å²) in [5, 5.41) is 17.4. The molecule has 0 aliphatic heterocycles. The summed E-state index contributed by atoms with van der Waals surface area (Å²) in [4.78, 5) is 0. The molecule has 0 unspecified atom stereocenters. The van der Waals surface area contributed by atoms with Crippen LogP contribution >= 0.6 is 0 Å². The number of hydrogen-bond donors (Lipinski definition) is 1. The highest BCUT2D eigenvalue weighted by atomic mass is 16.3. The highest BCUT2D eigenvalue weighted by Gasteiger charge is 2.24. The number of nitrogens with zero attached hydrogens (tertiary/aromatic N) is 3. The van der Waals surface area contributed by atoms with Gasteiger partial charge in [-0.25, -0.2) is 0 Å². The van der Waals surface area contributed by atoms with Crippen molar-refractivity contribution in [2.24, 2.45) is 0 Å². The summed E-state index contributed by atoms with van der Waals surface area (Å²) < 4.78 is 10.8. The first-order valence-electron chi connectivity index (χ1n) is 16.0. The lowest BCUT2D eigenvalue weighted by atomic mass is 9.97. The molecule has 0 fully saturated rings. The molecule has 7 aromatic carbocycles. The molecule has 224 valence electrons. The highest BCUT2D eigenvalue weighted by molar-refractivity contribution is 6.27. The van der Waals surface area contributed by atoms with Gasteiger partial charge in [-0.1, -0.05) is 97.1 Å². The number of aromatic nitrogens is 2. The Labute approximate surface area is 274 Å². The molecule has 3 aromatic heterocycles. The molecule has 0 aliphatic rings. The van der Waals surface area contributed by atoms with Crippen LogP contribution in [0.2, 0.25) is 0 Å². The second-order valence-electron chi connectivity index (χ2n) is 12.2. The molecule has 48 heavy (non-hydrogen) atoms. The van der Waals surface area contributed by atoms with Gasteiger partial charge in [0.2, 0.25) is 0 Å². The van der Waals surface area contributed by atoms with E-state index >= 15 is 0 Å². The number of hydrogen-bond acceptors (Lipinski definition) is 3. The van der Waals surface area contributed by atoms with Crippen LogP contribution in [0.4, 0.5) is 5.69 Å². The van der Waals surface area contributed by atoms with Gasteiger partial charge in [0.05, 0.1) is 44.7 Å². The molecular weight excluding hydrogens is 589 g/mol. The third-order valence-corrected chi connectivity index (χ3v) is 9.72. The van der Waals surface area contributed by atoms with Gasteiger partial charge in [0, 0.05) is 43.4 Å². The van der Waals surface area contributed by atoms with Crippen molar-refractivity contribution in [3.05, 3.63) is 151 Å². The fraction of sp³-hybridized carbons (Fsp3) is 0. The van der Waals surface area contributed by atoms with E-state index in [-0.39, 0.29) is 0 Å². The number of nitriles is 1. The molecule has 0 atom stereocenters. The lowest BCUT2D eigenvalue weighted by Gasteiger charge is -2.20. The Bertz CT molecular complexity index is 2930. The molecule has 0 amide bonds. The van der Waals surface area contributed by atoms with Crippen molar-refractivity contribution in [1.29, 1.82) is 5.26 Å². The predicted molar refractivity (Wildman–Crippen MR) is 197 cm³/mol. The van der Waals surface area contributed by atoms with Gasteiger partial charge in [-0.05, 0) is 48.5 Å². The Balaban J connectivity index is 1.36. The van der Waals surface area contributed by atoms with Gasteiger partial charge in [0.15, 0.2) is 0 Å². The third kappa shape index (κ3) is 3.49. The summed E-state index contributed by atoms with van der Waals surface area (Å²) in [7, 11) is 0. The van der Waals surface area contributed by atoms with E-state index in [1.165, 1.54) is 0 Å². The molecular formula is C43H26N4O. The molecule has 5 nitrogen and oxygen atoms in total. The average molecular weight is 615 g/mol. The van der Waals surface area contributed by atoms with Crippen LogP contribution < -0.4 is 5.73 Å². The summed E-state index contributed by atoms with van der Waals surface area (Å²) in [6, 6.07) is 52.2. The number of para-hydroxylation sites is 6. The van der Waals surface area contributed by atoms with Gasteiger partial charge < -0.3 is 19.3 Å². The number of nitrogens with two attached hydrogens (primary N) is 1. The first kappa shape index (κ1) is 26.4. The SMILES string of the molecule is N#Cc1cccc(-c2cccc(N)c2-n2c3ccccc3c3ccccc32)c1-n1c2ccccc2c2c3c(ccc21)oc1ccccc13. The van der Waals surface area contributed by atoms with Gasteiger partial charge in [-0.15, -0.1) is 0 Å². The molecule has 3 heterocycles. The van der Waals surface area contributed by atoms with Gasteiger partial charge >= 0.3 is 0 Å². The molecule has 0 saturated heterocycles. The van der Waals surface area contributed by atoms with Gasteiger partial charge in [-0.2, -0.15) is 5.26 Å². The Morgan fingerprint density at radius 3 is 1.73 bits per heavy atom.